The van der Waals surface area contributed by atoms with Crippen molar-refractivity contribution in [2.24, 2.45) is 11.8 Å². The van der Waals surface area contributed by atoms with Crippen LogP contribution in [0.5, 0.6) is 5.75 Å². The Hall–Kier alpha value is -4.16. The molecule has 222 valence electrons. The van der Waals surface area contributed by atoms with Crippen molar-refractivity contribution in [3.05, 3.63) is 59.7 Å². The SMILES string of the molecule is CC(C)CC(NC(=O)CNc1ccccc1)C(=O)NC(CC1CCNC1=O)C(=O)COc1c(F)c(F)cc(F)c1F. The van der Waals surface area contributed by atoms with E-state index in [1.54, 1.807) is 24.3 Å². The molecule has 0 radical (unpaired) electrons. The predicted molar refractivity (Wildman–Crippen MR) is 141 cm³/mol. The van der Waals surface area contributed by atoms with E-state index < -0.39 is 71.2 Å². The maximum Gasteiger partial charge on any atom is 0.243 e. The molecule has 0 saturated carbocycles. The normalized spacial score (nSPS) is 16.1. The third-order valence-corrected chi connectivity index (χ3v) is 6.40. The van der Waals surface area contributed by atoms with Crippen LogP contribution in [0.2, 0.25) is 0 Å². The second-order valence-corrected chi connectivity index (χ2v) is 10.1. The van der Waals surface area contributed by atoms with Crippen LogP contribution in [0.25, 0.3) is 0 Å². The number of nitrogens with one attached hydrogen (secondary N) is 4. The van der Waals surface area contributed by atoms with Gasteiger partial charge in [-0.1, -0.05) is 32.0 Å². The molecule has 13 heteroatoms. The van der Waals surface area contributed by atoms with Crippen molar-refractivity contribution in [1.82, 2.24) is 16.0 Å². The van der Waals surface area contributed by atoms with Crippen LogP contribution in [-0.2, 0) is 19.2 Å². The Bertz CT molecular complexity index is 1240. The summed E-state index contributed by atoms with van der Waals surface area (Å²) < 4.78 is 59.9. The van der Waals surface area contributed by atoms with Gasteiger partial charge in [-0.25, -0.2) is 8.78 Å². The molecular weight excluding hydrogens is 548 g/mol. The van der Waals surface area contributed by atoms with Gasteiger partial charge in [-0.3, -0.25) is 19.2 Å². The van der Waals surface area contributed by atoms with E-state index >= 15 is 0 Å². The molecule has 0 aliphatic carbocycles. The molecule has 2 aromatic rings. The van der Waals surface area contributed by atoms with Crippen LogP contribution >= 0.6 is 0 Å². The van der Waals surface area contributed by atoms with Crippen molar-refractivity contribution in [2.75, 3.05) is 25.0 Å². The quantitative estimate of drug-likeness (QED) is 0.201. The fraction of sp³-hybridized carbons (Fsp3) is 0.429. The second kappa shape index (κ2) is 14.5. The van der Waals surface area contributed by atoms with E-state index in [1.807, 2.05) is 19.9 Å². The summed E-state index contributed by atoms with van der Waals surface area (Å²) in [6, 6.07) is 6.49. The van der Waals surface area contributed by atoms with Crippen molar-refractivity contribution in [1.29, 1.82) is 0 Å². The van der Waals surface area contributed by atoms with Gasteiger partial charge in [0.05, 0.1) is 12.6 Å². The van der Waals surface area contributed by atoms with Crippen LogP contribution in [-0.4, -0.2) is 55.3 Å². The Morgan fingerprint density at radius 2 is 1.66 bits per heavy atom. The van der Waals surface area contributed by atoms with E-state index in [0.29, 0.717) is 18.7 Å². The molecule has 4 N–H and O–H groups in total. The number of ketones is 1. The van der Waals surface area contributed by atoms with Crippen molar-refractivity contribution in [3.8, 4) is 5.75 Å². The molecule has 0 bridgehead atoms. The topological polar surface area (TPSA) is 126 Å². The standard InChI is InChI=1S/C28H32F4N4O5/c1-15(2)10-21(35-23(38)13-34-17-6-4-3-5-7-17)28(40)36-20(11-16-8-9-33-27(16)39)22(37)14-41-26-24(31)18(29)12-19(30)25(26)32/h3-7,12,15-16,20-21,34H,8-11,13-14H2,1-2H3,(H,33,39)(H,35,38)(H,36,40). The number of hydrogen-bond donors (Lipinski definition) is 4. The third-order valence-electron chi connectivity index (χ3n) is 6.40. The molecule has 3 atom stereocenters. The van der Waals surface area contributed by atoms with Gasteiger partial charge in [0, 0.05) is 24.2 Å². The van der Waals surface area contributed by atoms with Gasteiger partial charge >= 0.3 is 0 Å². The van der Waals surface area contributed by atoms with E-state index in [-0.39, 0.29) is 37.3 Å². The molecule has 0 spiro atoms. The van der Waals surface area contributed by atoms with Gasteiger partial charge in [0.25, 0.3) is 0 Å². The van der Waals surface area contributed by atoms with Gasteiger partial charge in [0.15, 0.2) is 23.2 Å². The zero-order valence-corrected chi connectivity index (χ0v) is 22.6. The third kappa shape index (κ3) is 8.92. The fourth-order valence-electron chi connectivity index (χ4n) is 4.31. The molecule has 1 aliphatic heterocycles. The first-order valence-corrected chi connectivity index (χ1v) is 13.1. The lowest BCUT2D eigenvalue weighted by Gasteiger charge is -2.25. The van der Waals surface area contributed by atoms with E-state index in [4.69, 9.17) is 4.74 Å². The number of ether oxygens (including phenoxy) is 1. The van der Waals surface area contributed by atoms with Crippen LogP contribution in [0.4, 0.5) is 23.2 Å². The maximum atomic E-state index is 14.0. The van der Waals surface area contributed by atoms with Gasteiger partial charge in [-0.05, 0) is 37.3 Å². The van der Waals surface area contributed by atoms with Gasteiger partial charge in [0.1, 0.15) is 12.6 Å². The summed E-state index contributed by atoms with van der Waals surface area (Å²) in [5, 5.41) is 10.7. The van der Waals surface area contributed by atoms with Crippen LogP contribution < -0.4 is 26.0 Å². The van der Waals surface area contributed by atoms with E-state index in [0.717, 1.165) is 0 Å². The molecule has 3 rings (SSSR count). The maximum absolute atomic E-state index is 14.0. The lowest BCUT2D eigenvalue weighted by Crippen LogP contribution is -2.54. The molecule has 2 aromatic carbocycles. The molecule has 1 saturated heterocycles. The van der Waals surface area contributed by atoms with Crippen LogP contribution in [0, 0.1) is 35.1 Å². The Morgan fingerprint density at radius 1 is 1.00 bits per heavy atom. The van der Waals surface area contributed by atoms with Gasteiger partial charge in [-0.15, -0.1) is 0 Å². The summed E-state index contributed by atoms with van der Waals surface area (Å²) in [7, 11) is 0. The smallest absolute Gasteiger partial charge is 0.243 e. The summed E-state index contributed by atoms with van der Waals surface area (Å²) >= 11 is 0. The molecule has 1 aliphatic rings. The first-order valence-electron chi connectivity index (χ1n) is 13.1. The number of Topliss-reactive ketones (excluding diaryl/α,β-unsaturated/α-hetero) is 1. The van der Waals surface area contributed by atoms with Gasteiger partial charge in [0.2, 0.25) is 29.4 Å². The summed E-state index contributed by atoms with van der Waals surface area (Å²) in [6.45, 7) is 2.82. The predicted octanol–water partition coefficient (Wildman–Crippen LogP) is 2.84. The molecular formula is C28H32F4N4O5. The largest absolute Gasteiger partial charge is 0.479 e. The minimum atomic E-state index is -1.82. The summed E-state index contributed by atoms with van der Waals surface area (Å²) in [4.78, 5) is 51.1. The van der Waals surface area contributed by atoms with Crippen molar-refractivity contribution in [3.63, 3.8) is 0 Å². The first-order chi connectivity index (χ1) is 19.5. The van der Waals surface area contributed by atoms with Crippen LogP contribution in [0.15, 0.2) is 36.4 Å². The highest BCUT2D eigenvalue weighted by Gasteiger charge is 2.34. The molecule has 3 unspecified atom stereocenters. The zero-order chi connectivity index (χ0) is 30.1. The lowest BCUT2D eigenvalue weighted by atomic mass is 9.95. The first kappa shape index (κ1) is 31.4. The minimum Gasteiger partial charge on any atom is -0.479 e. The number of amides is 3. The summed E-state index contributed by atoms with van der Waals surface area (Å²) in [6.07, 6.45) is 0.415. The highest BCUT2D eigenvalue weighted by Crippen LogP contribution is 2.27. The number of para-hydroxylation sites is 1. The second-order valence-electron chi connectivity index (χ2n) is 10.1. The number of carbonyl (C=O) groups is 4. The average Bonchev–Trinajstić information content (AvgIpc) is 3.34. The minimum absolute atomic E-state index is 0.000386. The van der Waals surface area contributed by atoms with E-state index in [1.165, 1.54) is 0 Å². The molecule has 3 amide bonds. The van der Waals surface area contributed by atoms with Gasteiger partial charge < -0.3 is 26.0 Å². The Kier molecular flexibility index (Phi) is 11.1. The summed E-state index contributed by atoms with van der Waals surface area (Å²) in [5.74, 6) is -11.7. The highest BCUT2D eigenvalue weighted by molar-refractivity contribution is 5.94. The molecule has 1 heterocycles. The van der Waals surface area contributed by atoms with Crippen LogP contribution in [0.1, 0.15) is 33.1 Å². The number of benzene rings is 2. The number of halogens is 4. The zero-order valence-electron chi connectivity index (χ0n) is 22.6. The number of rotatable bonds is 14. The monoisotopic (exact) mass is 580 g/mol. The number of hydrogen-bond acceptors (Lipinski definition) is 6. The number of carbonyl (C=O) groups excluding carboxylic acids is 4. The summed E-state index contributed by atoms with van der Waals surface area (Å²) in [5.41, 5.74) is 0.694. The fourth-order valence-corrected chi connectivity index (χ4v) is 4.31. The van der Waals surface area contributed by atoms with Crippen LogP contribution in [0.3, 0.4) is 0 Å². The lowest BCUT2D eigenvalue weighted by molar-refractivity contribution is -0.132. The highest BCUT2D eigenvalue weighted by atomic mass is 19.2. The molecule has 41 heavy (non-hydrogen) atoms. The van der Waals surface area contributed by atoms with Crippen molar-refractivity contribution >= 4 is 29.2 Å². The Labute approximate surface area is 234 Å². The molecule has 0 aromatic heterocycles. The molecule has 1 fully saturated rings. The molecule has 9 nitrogen and oxygen atoms in total. The number of anilines is 1. The van der Waals surface area contributed by atoms with Crippen molar-refractivity contribution in [2.45, 2.75) is 45.2 Å². The Balaban J connectivity index is 1.72. The van der Waals surface area contributed by atoms with Crippen molar-refractivity contribution < 1.29 is 41.5 Å². The van der Waals surface area contributed by atoms with E-state index in [9.17, 15) is 36.7 Å². The Morgan fingerprint density at radius 3 is 2.24 bits per heavy atom. The van der Waals surface area contributed by atoms with Gasteiger partial charge in [-0.2, -0.15) is 8.78 Å². The average molecular weight is 581 g/mol. The van der Waals surface area contributed by atoms with E-state index in [2.05, 4.69) is 21.3 Å².